The van der Waals surface area contributed by atoms with Crippen molar-refractivity contribution in [2.24, 2.45) is 16.6 Å². The molecular formula is C20H17N5O6. The summed E-state index contributed by atoms with van der Waals surface area (Å²) in [7, 11) is 0. The first kappa shape index (κ1) is 21.0. The molecule has 2 aromatic carbocycles. The Morgan fingerprint density at radius 1 is 1.06 bits per heavy atom. The van der Waals surface area contributed by atoms with Gasteiger partial charge >= 0.3 is 11.7 Å². The number of fused-ring (bicyclic) bond motifs is 1. The molecule has 1 aromatic heterocycles. The second-order valence-corrected chi connectivity index (χ2v) is 6.35. The highest BCUT2D eigenvalue weighted by atomic mass is 16.4. The summed E-state index contributed by atoms with van der Waals surface area (Å²) in [6, 6.07) is 10.3. The predicted molar refractivity (Wildman–Crippen MR) is 112 cm³/mol. The van der Waals surface area contributed by atoms with Gasteiger partial charge in [-0.1, -0.05) is 12.1 Å². The number of para-hydroxylation sites is 1. The number of anilines is 1. The number of carbonyl (C=O) groups excluding carboxylic acids is 3. The molecule has 3 aromatic rings. The Balaban J connectivity index is 2.00. The van der Waals surface area contributed by atoms with E-state index in [0.717, 1.165) is 6.07 Å². The van der Waals surface area contributed by atoms with Gasteiger partial charge in [0.15, 0.2) is 0 Å². The molecule has 0 spiro atoms. The van der Waals surface area contributed by atoms with Crippen molar-refractivity contribution < 1.29 is 23.9 Å². The fraction of sp³-hybridized carbons (Fsp3) is 0.0500. The van der Waals surface area contributed by atoms with E-state index in [1.165, 1.54) is 30.3 Å². The largest absolute Gasteiger partial charge is 0.508 e. The maximum Gasteiger partial charge on any atom is 0.336 e. The van der Waals surface area contributed by atoms with Gasteiger partial charge in [-0.3, -0.25) is 9.59 Å². The van der Waals surface area contributed by atoms with Gasteiger partial charge in [0.2, 0.25) is 0 Å². The van der Waals surface area contributed by atoms with Gasteiger partial charge in [-0.2, -0.15) is 5.10 Å². The van der Waals surface area contributed by atoms with Gasteiger partial charge in [0, 0.05) is 23.9 Å². The zero-order valence-electron chi connectivity index (χ0n) is 15.9. The summed E-state index contributed by atoms with van der Waals surface area (Å²) >= 11 is 0. The molecule has 0 aliphatic heterocycles. The second-order valence-electron chi connectivity index (χ2n) is 6.35. The molecule has 3 rings (SSSR count). The molecule has 7 N–H and O–H groups in total. The SMILES string of the molecule is NC(=O)NN=C(Cc1cc(=O)oc2cc(O)ccc12)C(=O)Nc1ccccc1C(N)=O. The van der Waals surface area contributed by atoms with Crippen LogP contribution in [0.5, 0.6) is 5.75 Å². The lowest BCUT2D eigenvalue weighted by Crippen LogP contribution is -2.32. The van der Waals surface area contributed by atoms with E-state index in [9.17, 15) is 24.3 Å². The minimum atomic E-state index is -1.01. The van der Waals surface area contributed by atoms with Gasteiger partial charge in [0.1, 0.15) is 17.0 Å². The van der Waals surface area contributed by atoms with Gasteiger partial charge in [-0.05, 0) is 29.8 Å². The van der Waals surface area contributed by atoms with Crippen LogP contribution < -0.4 is 27.8 Å². The van der Waals surface area contributed by atoms with Crippen LogP contribution in [-0.2, 0) is 11.2 Å². The summed E-state index contributed by atoms with van der Waals surface area (Å²) in [5, 5.41) is 16.3. The van der Waals surface area contributed by atoms with Crippen LogP contribution in [0.3, 0.4) is 0 Å². The van der Waals surface area contributed by atoms with E-state index < -0.39 is 23.5 Å². The zero-order valence-corrected chi connectivity index (χ0v) is 15.9. The first-order chi connectivity index (χ1) is 14.7. The van der Waals surface area contributed by atoms with Crippen LogP contribution in [0.15, 0.2) is 62.8 Å². The molecule has 11 nitrogen and oxygen atoms in total. The molecule has 1 heterocycles. The normalized spacial score (nSPS) is 11.2. The lowest BCUT2D eigenvalue weighted by molar-refractivity contribution is -0.110. The summed E-state index contributed by atoms with van der Waals surface area (Å²) in [5.41, 5.74) is 12.0. The second kappa shape index (κ2) is 8.78. The first-order valence-corrected chi connectivity index (χ1v) is 8.82. The third-order valence-electron chi connectivity index (χ3n) is 4.18. The van der Waals surface area contributed by atoms with E-state index >= 15 is 0 Å². The maximum atomic E-state index is 12.9. The number of hydrazone groups is 1. The van der Waals surface area contributed by atoms with Crippen LogP contribution in [0, 0.1) is 0 Å². The van der Waals surface area contributed by atoms with Gasteiger partial charge in [0.25, 0.3) is 11.8 Å². The third-order valence-corrected chi connectivity index (χ3v) is 4.18. The minimum Gasteiger partial charge on any atom is -0.508 e. The lowest BCUT2D eigenvalue weighted by Gasteiger charge is -2.11. The Kier molecular flexibility index (Phi) is 5.96. The average Bonchev–Trinajstić information content (AvgIpc) is 2.70. The van der Waals surface area contributed by atoms with E-state index in [-0.39, 0.29) is 34.7 Å². The molecule has 0 fully saturated rings. The number of amides is 4. The predicted octanol–water partition coefficient (Wildman–Crippen LogP) is 0.803. The summed E-state index contributed by atoms with van der Waals surface area (Å²) in [4.78, 5) is 47.5. The Bertz CT molecular complexity index is 1280. The van der Waals surface area contributed by atoms with Crippen LogP contribution in [0.4, 0.5) is 10.5 Å². The van der Waals surface area contributed by atoms with Gasteiger partial charge in [-0.15, -0.1) is 0 Å². The van der Waals surface area contributed by atoms with Gasteiger partial charge < -0.3 is 26.3 Å². The van der Waals surface area contributed by atoms with Crippen molar-refractivity contribution >= 4 is 40.2 Å². The molecule has 0 saturated carbocycles. The van der Waals surface area contributed by atoms with E-state index in [4.69, 9.17) is 15.9 Å². The van der Waals surface area contributed by atoms with E-state index in [1.54, 1.807) is 12.1 Å². The number of nitrogens with zero attached hydrogens (tertiary/aromatic N) is 1. The molecule has 0 aliphatic carbocycles. The summed E-state index contributed by atoms with van der Waals surface area (Å²) in [5.74, 6) is -1.64. The zero-order chi connectivity index (χ0) is 22.5. The molecule has 0 saturated heterocycles. The molecule has 158 valence electrons. The number of primary amides is 2. The van der Waals surface area contributed by atoms with Crippen LogP contribution in [0.25, 0.3) is 11.0 Å². The van der Waals surface area contributed by atoms with Crippen molar-refractivity contribution in [1.29, 1.82) is 0 Å². The average molecular weight is 423 g/mol. The number of aromatic hydroxyl groups is 1. The number of rotatable bonds is 6. The number of urea groups is 1. The van der Waals surface area contributed by atoms with Crippen molar-refractivity contribution in [3.05, 3.63) is 70.1 Å². The number of hydrogen-bond donors (Lipinski definition) is 5. The minimum absolute atomic E-state index is 0.0688. The smallest absolute Gasteiger partial charge is 0.336 e. The van der Waals surface area contributed by atoms with Crippen molar-refractivity contribution in [2.75, 3.05) is 5.32 Å². The van der Waals surface area contributed by atoms with Crippen molar-refractivity contribution in [2.45, 2.75) is 6.42 Å². The molecule has 0 unspecified atom stereocenters. The quantitative estimate of drug-likeness (QED) is 0.221. The summed E-state index contributed by atoms with van der Waals surface area (Å²) in [6.07, 6.45) is -0.211. The summed E-state index contributed by atoms with van der Waals surface area (Å²) < 4.78 is 5.06. The fourth-order valence-corrected chi connectivity index (χ4v) is 2.84. The molecule has 11 heteroatoms. The number of phenolic OH excluding ortho intramolecular Hbond substituents is 1. The van der Waals surface area contributed by atoms with E-state index in [0.29, 0.717) is 10.9 Å². The van der Waals surface area contributed by atoms with Crippen molar-refractivity contribution in [3.63, 3.8) is 0 Å². The van der Waals surface area contributed by atoms with Crippen LogP contribution in [0.2, 0.25) is 0 Å². The number of hydrogen-bond acceptors (Lipinski definition) is 7. The highest BCUT2D eigenvalue weighted by Gasteiger charge is 2.18. The number of nitrogens with one attached hydrogen (secondary N) is 2. The number of nitrogens with two attached hydrogens (primary N) is 2. The van der Waals surface area contributed by atoms with Crippen molar-refractivity contribution in [1.82, 2.24) is 5.43 Å². The fourth-order valence-electron chi connectivity index (χ4n) is 2.84. The molecule has 0 aliphatic rings. The topological polar surface area (TPSA) is 190 Å². The lowest BCUT2D eigenvalue weighted by atomic mass is 10.0. The monoisotopic (exact) mass is 423 g/mol. The van der Waals surface area contributed by atoms with E-state index in [1.807, 2.05) is 5.43 Å². The molecule has 0 radical (unpaired) electrons. The Morgan fingerprint density at radius 2 is 1.81 bits per heavy atom. The number of phenols is 1. The van der Waals surface area contributed by atoms with Gasteiger partial charge in [-0.25, -0.2) is 15.0 Å². The van der Waals surface area contributed by atoms with Crippen molar-refractivity contribution in [3.8, 4) is 5.75 Å². The molecule has 4 amide bonds. The Morgan fingerprint density at radius 3 is 2.52 bits per heavy atom. The molecule has 31 heavy (non-hydrogen) atoms. The molecule has 0 bridgehead atoms. The summed E-state index contributed by atoms with van der Waals surface area (Å²) in [6.45, 7) is 0. The number of carbonyl (C=O) groups is 3. The van der Waals surface area contributed by atoms with Crippen LogP contribution in [0.1, 0.15) is 15.9 Å². The maximum absolute atomic E-state index is 12.9. The first-order valence-electron chi connectivity index (χ1n) is 8.82. The van der Waals surface area contributed by atoms with Crippen LogP contribution in [-0.4, -0.2) is 28.7 Å². The van der Waals surface area contributed by atoms with Gasteiger partial charge in [0.05, 0.1) is 11.3 Å². The molecule has 0 atom stereocenters. The Labute approximate surface area is 174 Å². The van der Waals surface area contributed by atoms with E-state index in [2.05, 4.69) is 10.4 Å². The highest BCUT2D eigenvalue weighted by molar-refractivity contribution is 6.44. The Hall–Kier alpha value is -4.67. The molecular weight excluding hydrogens is 406 g/mol. The number of benzene rings is 2. The van der Waals surface area contributed by atoms with Crippen LogP contribution >= 0.6 is 0 Å². The standard InChI is InChI=1S/C20H17N5O6/c21-18(28)13-3-1-2-4-14(13)23-19(29)15(24-25-20(22)30)7-10-8-17(27)31-16-9-11(26)5-6-12(10)16/h1-6,8-9,26H,7H2,(H2,21,28)(H,23,29)(H3,22,25,30). The highest BCUT2D eigenvalue weighted by Crippen LogP contribution is 2.22. The third kappa shape index (κ3) is 5.03.